The molecule has 2 aliphatic rings. The second-order valence-corrected chi connectivity index (χ2v) is 8.47. The summed E-state index contributed by atoms with van der Waals surface area (Å²) >= 11 is 0. The lowest BCUT2D eigenvalue weighted by atomic mass is 9.81. The smallest absolute Gasteiger partial charge is 0.322 e. The summed E-state index contributed by atoms with van der Waals surface area (Å²) in [5, 5.41) is 6.04. The van der Waals surface area contributed by atoms with Crippen LogP contribution in [0.4, 0.5) is 14.9 Å². The number of hydrogen-bond acceptors (Lipinski definition) is 2. The summed E-state index contributed by atoms with van der Waals surface area (Å²) in [7, 11) is 0. The van der Waals surface area contributed by atoms with Gasteiger partial charge in [0.05, 0.1) is 0 Å². The second-order valence-electron chi connectivity index (χ2n) is 8.47. The van der Waals surface area contributed by atoms with Gasteiger partial charge in [0.2, 0.25) is 5.91 Å². The van der Waals surface area contributed by atoms with Gasteiger partial charge in [0.25, 0.3) is 0 Å². The van der Waals surface area contributed by atoms with E-state index in [-0.39, 0.29) is 35.9 Å². The van der Waals surface area contributed by atoms with E-state index in [1.54, 1.807) is 12.1 Å². The van der Waals surface area contributed by atoms with Crippen molar-refractivity contribution in [1.29, 1.82) is 0 Å². The van der Waals surface area contributed by atoms with E-state index in [4.69, 9.17) is 0 Å². The highest BCUT2D eigenvalue weighted by Gasteiger charge is 2.41. The molecule has 6 heteroatoms. The van der Waals surface area contributed by atoms with Crippen molar-refractivity contribution < 1.29 is 14.0 Å². The van der Waals surface area contributed by atoms with Crippen LogP contribution in [0.3, 0.4) is 0 Å². The average Bonchev–Trinajstić information content (AvgIpc) is 2.55. The fraction of sp³-hybridized carbons (Fsp3) is 0.600. The van der Waals surface area contributed by atoms with Crippen LogP contribution in [-0.2, 0) is 4.79 Å². The maximum absolute atomic E-state index is 13.0. The van der Waals surface area contributed by atoms with Gasteiger partial charge in [-0.2, -0.15) is 0 Å². The summed E-state index contributed by atoms with van der Waals surface area (Å²) < 4.78 is 13.0. The molecule has 0 aromatic heterocycles. The number of piperidine rings is 2. The van der Waals surface area contributed by atoms with Gasteiger partial charge >= 0.3 is 6.03 Å². The normalized spacial score (nSPS) is 25.5. The van der Waals surface area contributed by atoms with Crippen LogP contribution in [0.15, 0.2) is 24.3 Å². The first kappa shape index (κ1) is 18.7. The second kappa shape index (κ2) is 7.25. The van der Waals surface area contributed by atoms with Crippen molar-refractivity contribution in [1.82, 2.24) is 10.2 Å². The zero-order valence-corrected chi connectivity index (χ0v) is 15.7. The number of urea groups is 1. The number of nitrogens with one attached hydrogen (secondary N) is 2. The van der Waals surface area contributed by atoms with Crippen LogP contribution in [0.2, 0.25) is 0 Å². The zero-order valence-electron chi connectivity index (χ0n) is 15.7. The van der Waals surface area contributed by atoms with Crippen molar-refractivity contribution in [2.24, 2.45) is 5.41 Å². The number of amides is 3. The maximum Gasteiger partial charge on any atom is 0.322 e. The van der Waals surface area contributed by atoms with E-state index in [9.17, 15) is 14.0 Å². The molecule has 3 rings (SSSR count). The molecule has 0 spiro atoms. The van der Waals surface area contributed by atoms with Crippen LogP contribution >= 0.6 is 0 Å². The first-order valence-electron chi connectivity index (χ1n) is 9.40. The summed E-state index contributed by atoms with van der Waals surface area (Å²) in [5.41, 5.74) is 0.185. The molecule has 3 amide bonds. The molecule has 2 aliphatic heterocycles. The van der Waals surface area contributed by atoms with Gasteiger partial charge in [-0.3, -0.25) is 4.79 Å². The summed E-state index contributed by atoms with van der Waals surface area (Å²) in [4.78, 5) is 27.0. The highest BCUT2D eigenvalue weighted by Crippen LogP contribution is 2.35. The topological polar surface area (TPSA) is 61.4 Å². The van der Waals surface area contributed by atoms with Gasteiger partial charge < -0.3 is 15.5 Å². The monoisotopic (exact) mass is 361 g/mol. The fourth-order valence-corrected chi connectivity index (χ4v) is 3.95. The third-order valence-corrected chi connectivity index (χ3v) is 5.32. The number of carbonyl (C=O) groups is 2. The molecule has 1 aromatic rings. The van der Waals surface area contributed by atoms with Crippen LogP contribution in [0.5, 0.6) is 0 Å². The molecule has 2 saturated heterocycles. The quantitative estimate of drug-likeness (QED) is 0.839. The Labute approximate surface area is 154 Å². The molecule has 2 atom stereocenters. The number of fused-ring (bicyclic) bond motifs is 2. The van der Waals surface area contributed by atoms with E-state index in [1.165, 1.54) is 12.1 Å². The van der Waals surface area contributed by atoms with Crippen molar-refractivity contribution >= 4 is 17.6 Å². The van der Waals surface area contributed by atoms with Crippen molar-refractivity contribution in [2.75, 3.05) is 5.32 Å². The number of rotatable bonds is 2. The van der Waals surface area contributed by atoms with Crippen LogP contribution < -0.4 is 10.6 Å². The predicted octanol–water partition coefficient (Wildman–Crippen LogP) is 3.91. The molecule has 0 unspecified atom stereocenters. The zero-order chi connectivity index (χ0) is 18.9. The van der Waals surface area contributed by atoms with Crippen molar-refractivity contribution in [3.05, 3.63) is 30.1 Å². The number of halogens is 1. The number of hydrogen-bond donors (Lipinski definition) is 2. The summed E-state index contributed by atoms with van der Waals surface area (Å²) in [5.74, 6) is -0.264. The van der Waals surface area contributed by atoms with Crippen molar-refractivity contribution in [2.45, 2.75) is 71.0 Å². The molecule has 2 bridgehead atoms. The van der Waals surface area contributed by atoms with E-state index < -0.39 is 5.41 Å². The van der Waals surface area contributed by atoms with Gasteiger partial charge in [0.1, 0.15) is 5.82 Å². The minimum absolute atomic E-state index is 0.0600. The molecule has 5 nitrogen and oxygen atoms in total. The third-order valence-electron chi connectivity index (χ3n) is 5.32. The molecular formula is C20H28FN3O2. The highest BCUT2D eigenvalue weighted by molar-refractivity contribution is 5.90. The molecule has 2 heterocycles. The Bertz CT molecular complexity index is 655. The lowest BCUT2D eigenvalue weighted by molar-refractivity contribution is -0.129. The van der Waals surface area contributed by atoms with Crippen LogP contribution in [-0.4, -0.2) is 35.0 Å². The van der Waals surface area contributed by atoms with E-state index in [0.717, 1.165) is 32.1 Å². The van der Waals surface area contributed by atoms with Gasteiger partial charge in [-0.25, -0.2) is 9.18 Å². The molecule has 2 fully saturated rings. The molecule has 142 valence electrons. The molecule has 1 aromatic carbocycles. The van der Waals surface area contributed by atoms with E-state index in [1.807, 2.05) is 25.7 Å². The van der Waals surface area contributed by atoms with Gasteiger partial charge in [-0.1, -0.05) is 20.8 Å². The molecule has 0 aliphatic carbocycles. The number of anilines is 1. The Balaban J connectivity index is 1.65. The minimum atomic E-state index is -0.411. The number of nitrogens with zero attached hydrogens (tertiary/aromatic N) is 1. The molecule has 2 N–H and O–H groups in total. The standard InChI is InChI=1S/C20H28FN3O2/c1-20(2,3)18(25)22-15-11-16-5-4-6-17(12-15)24(16)19(26)23-14-9-7-13(21)8-10-14/h7-10,15-17H,4-6,11-12H2,1-3H3,(H,22,25)(H,23,26)/t16-,17-/m0/s1. The minimum Gasteiger partial charge on any atom is -0.353 e. The van der Waals surface area contributed by atoms with E-state index >= 15 is 0 Å². The Morgan fingerprint density at radius 1 is 1.08 bits per heavy atom. The number of carbonyl (C=O) groups excluding carboxylic acids is 2. The first-order valence-corrected chi connectivity index (χ1v) is 9.40. The molecule has 26 heavy (non-hydrogen) atoms. The SMILES string of the molecule is CC(C)(C)C(=O)NC1C[C@@H]2CCC[C@@H](C1)N2C(=O)Nc1ccc(F)cc1. The summed E-state index contributed by atoms with van der Waals surface area (Å²) in [6.07, 6.45) is 4.59. The van der Waals surface area contributed by atoms with Gasteiger partial charge in [0, 0.05) is 29.2 Å². The van der Waals surface area contributed by atoms with Gasteiger partial charge in [-0.05, 0) is 56.4 Å². The number of benzene rings is 1. The van der Waals surface area contributed by atoms with E-state index in [0.29, 0.717) is 5.69 Å². The van der Waals surface area contributed by atoms with Crippen LogP contribution in [0.1, 0.15) is 52.9 Å². The van der Waals surface area contributed by atoms with Gasteiger partial charge in [0.15, 0.2) is 0 Å². The van der Waals surface area contributed by atoms with E-state index in [2.05, 4.69) is 10.6 Å². The molecule has 0 radical (unpaired) electrons. The average molecular weight is 361 g/mol. The molecular weight excluding hydrogens is 333 g/mol. The van der Waals surface area contributed by atoms with Crippen molar-refractivity contribution in [3.63, 3.8) is 0 Å². The van der Waals surface area contributed by atoms with Crippen molar-refractivity contribution in [3.8, 4) is 0 Å². The maximum atomic E-state index is 13.0. The van der Waals surface area contributed by atoms with Gasteiger partial charge in [-0.15, -0.1) is 0 Å². The van der Waals surface area contributed by atoms with Crippen LogP contribution in [0, 0.1) is 11.2 Å². The fourth-order valence-electron chi connectivity index (χ4n) is 3.95. The Kier molecular flexibility index (Phi) is 5.21. The van der Waals surface area contributed by atoms with Crippen LogP contribution in [0.25, 0.3) is 0 Å². The molecule has 0 saturated carbocycles. The highest BCUT2D eigenvalue weighted by atomic mass is 19.1. The Morgan fingerprint density at radius 2 is 1.65 bits per heavy atom. The lowest BCUT2D eigenvalue weighted by Gasteiger charge is -2.49. The predicted molar refractivity (Wildman–Crippen MR) is 99.3 cm³/mol. The summed E-state index contributed by atoms with van der Waals surface area (Å²) in [6.45, 7) is 5.73. The lowest BCUT2D eigenvalue weighted by Crippen LogP contribution is -2.60. The first-order chi connectivity index (χ1) is 12.2. The third kappa shape index (κ3) is 4.17. The summed E-state index contributed by atoms with van der Waals surface area (Å²) in [6, 6.07) is 6.06. The Hall–Kier alpha value is -2.11. The Morgan fingerprint density at radius 3 is 2.19 bits per heavy atom. The largest absolute Gasteiger partial charge is 0.353 e.